The van der Waals surface area contributed by atoms with Crippen LogP contribution in [0.1, 0.15) is 28.4 Å². The lowest BCUT2D eigenvalue weighted by molar-refractivity contribution is 0.0735. The number of hydrogen-bond donors (Lipinski definition) is 0. The molecule has 3 aromatic rings. The topological polar surface area (TPSA) is 26.3 Å². The minimum Gasteiger partial charge on any atom is -0.423 e. The molecule has 0 saturated heterocycles. The van der Waals surface area contributed by atoms with Gasteiger partial charge in [0.2, 0.25) is 0 Å². The minimum atomic E-state index is -0.430. The summed E-state index contributed by atoms with van der Waals surface area (Å²) in [5.74, 6) is -0.192. The monoisotopic (exact) mass is 334 g/mol. The molecule has 0 bridgehead atoms. The summed E-state index contributed by atoms with van der Waals surface area (Å²) in [6.45, 7) is 3.92. The molecule has 0 fully saturated rings. The molecule has 3 aromatic carbocycles. The van der Waals surface area contributed by atoms with Crippen LogP contribution < -0.4 is 4.74 Å². The summed E-state index contributed by atoms with van der Waals surface area (Å²) in [6, 6.07) is 19.3. The van der Waals surface area contributed by atoms with Crippen molar-refractivity contribution in [2.75, 3.05) is 0 Å². The van der Waals surface area contributed by atoms with Crippen LogP contribution in [0.2, 0.25) is 0 Å². The quantitative estimate of drug-likeness (QED) is 0.460. The predicted octanol–water partition coefficient (Wildman–Crippen LogP) is 5.58. The molecule has 25 heavy (non-hydrogen) atoms. The Labute approximate surface area is 146 Å². The van der Waals surface area contributed by atoms with Crippen LogP contribution in [-0.2, 0) is 6.42 Å². The third-order valence-electron chi connectivity index (χ3n) is 4.10. The van der Waals surface area contributed by atoms with Gasteiger partial charge in [-0.15, -0.1) is 0 Å². The number of carbonyl (C=O) groups excluding carboxylic acids is 1. The van der Waals surface area contributed by atoms with Crippen molar-refractivity contribution in [3.63, 3.8) is 0 Å². The van der Waals surface area contributed by atoms with Gasteiger partial charge in [-0.3, -0.25) is 0 Å². The van der Waals surface area contributed by atoms with Crippen molar-refractivity contribution < 1.29 is 13.9 Å². The Morgan fingerprint density at radius 1 is 0.960 bits per heavy atom. The van der Waals surface area contributed by atoms with Gasteiger partial charge < -0.3 is 4.74 Å². The summed E-state index contributed by atoms with van der Waals surface area (Å²) >= 11 is 0. The number of rotatable bonds is 4. The first-order valence-corrected chi connectivity index (χ1v) is 8.24. The summed E-state index contributed by atoms with van der Waals surface area (Å²) in [5, 5.41) is 0. The zero-order valence-electron chi connectivity index (χ0n) is 14.3. The number of esters is 1. The van der Waals surface area contributed by atoms with E-state index in [9.17, 15) is 9.18 Å². The zero-order chi connectivity index (χ0) is 17.8. The molecular formula is C22H19FO2. The van der Waals surface area contributed by atoms with E-state index in [1.165, 1.54) is 11.6 Å². The molecular weight excluding hydrogens is 315 g/mol. The van der Waals surface area contributed by atoms with E-state index in [2.05, 4.69) is 6.92 Å². The Morgan fingerprint density at radius 2 is 1.64 bits per heavy atom. The SMILES string of the molecule is CCc1ccc(OC(=O)c2ccc(-c3ccc(C)cc3F)cc2)cc1. The van der Waals surface area contributed by atoms with E-state index in [4.69, 9.17) is 4.74 Å². The molecule has 0 unspecified atom stereocenters. The molecule has 3 rings (SSSR count). The van der Waals surface area contributed by atoms with Gasteiger partial charge in [0.05, 0.1) is 5.56 Å². The van der Waals surface area contributed by atoms with Crippen molar-refractivity contribution in [3.8, 4) is 16.9 Å². The zero-order valence-corrected chi connectivity index (χ0v) is 14.3. The van der Waals surface area contributed by atoms with Crippen molar-refractivity contribution in [2.45, 2.75) is 20.3 Å². The largest absolute Gasteiger partial charge is 0.423 e. The summed E-state index contributed by atoms with van der Waals surface area (Å²) in [7, 11) is 0. The number of ether oxygens (including phenoxy) is 1. The van der Waals surface area contributed by atoms with Crippen LogP contribution >= 0.6 is 0 Å². The summed E-state index contributed by atoms with van der Waals surface area (Å²) < 4.78 is 19.4. The Morgan fingerprint density at radius 3 is 2.24 bits per heavy atom. The fourth-order valence-corrected chi connectivity index (χ4v) is 2.60. The highest BCUT2D eigenvalue weighted by Gasteiger charge is 2.10. The van der Waals surface area contributed by atoms with Crippen molar-refractivity contribution in [2.24, 2.45) is 0 Å². The molecule has 2 nitrogen and oxygen atoms in total. The third kappa shape index (κ3) is 3.94. The first-order chi connectivity index (χ1) is 12.1. The molecule has 0 spiro atoms. The van der Waals surface area contributed by atoms with Crippen molar-refractivity contribution >= 4 is 5.97 Å². The highest BCUT2D eigenvalue weighted by Crippen LogP contribution is 2.24. The van der Waals surface area contributed by atoms with E-state index < -0.39 is 5.97 Å². The second-order valence-electron chi connectivity index (χ2n) is 5.95. The Balaban J connectivity index is 1.75. The Bertz CT molecular complexity index is 881. The Kier molecular flexibility index (Phi) is 4.94. The maximum absolute atomic E-state index is 14.1. The van der Waals surface area contributed by atoms with Gasteiger partial charge in [0.1, 0.15) is 11.6 Å². The van der Waals surface area contributed by atoms with Gasteiger partial charge in [-0.25, -0.2) is 9.18 Å². The van der Waals surface area contributed by atoms with Crippen LogP contribution in [0, 0.1) is 12.7 Å². The molecule has 0 heterocycles. The number of halogens is 1. The van der Waals surface area contributed by atoms with Crippen LogP contribution in [0.3, 0.4) is 0 Å². The lowest BCUT2D eigenvalue weighted by Crippen LogP contribution is -2.08. The second-order valence-corrected chi connectivity index (χ2v) is 5.95. The maximum atomic E-state index is 14.1. The normalized spacial score (nSPS) is 10.5. The maximum Gasteiger partial charge on any atom is 0.343 e. The van der Waals surface area contributed by atoms with E-state index in [1.54, 1.807) is 42.5 Å². The number of benzene rings is 3. The second kappa shape index (κ2) is 7.31. The lowest BCUT2D eigenvalue weighted by Gasteiger charge is -2.07. The first-order valence-electron chi connectivity index (χ1n) is 8.24. The predicted molar refractivity (Wildman–Crippen MR) is 97.4 cm³/mol. The fraction of sp³-hybridized carbons (Fsp3) is 0.136. The van der Waals surface area contributed by atoms with Gasteiger partial charge >= 0.3 is 5.97 Å². The van der Waals surface area contributed by atoms with Crippen LogP contribution in [0.15, 0.2) is 66.7 Å². The molecule has 0 aromatic heterocycles. The van der Waals surface area contributed by atoms with E-state index in [0.717, 1.165) is 17.5 Å². The number of hydrogen-bond acceptors (Lipinski definition) is 2. The summed E-state index contributed by atoms with van der Waals surface area (Å²) in [6.07, 6.45) is 0.936. The Hall–Kier alpha value is -2.94. The molecule has 0 aliphatic heterocycles. The molecule has 0 radical (unpaired) electrons. The van der Waals surface area contributed by atoms with E-state index in [1.807, 2.05) is 25.1 Å². The van der Waals surface area contributed by atoms with Crippen LogP contribution in [0.25, 0.3) is 11.1 Å². The molecule has 0 amide bonds. The van der Waals surface area contributed by atoms with Crippen LogP contribution in [-0.4, -0.2) is 5.97 Å². The van der Waals surface area contributed by atoms with Crippen LogP contribution in [0.4, 0.5) is 4.39 Å². The van der Waals surface area contributed by atoms with Crippen molar-refractivity contribution in [1.29, 1.82) is 0 Å². The van der Waals surface area contributed by atoms with E-state index in [0.29, 0.717) is 16.9 Å². The number of carbonyl (C=O) groups is 1. The van der Waals surface area contributed by atoms with Gasteiger partial charge in [0.25, 0.3) is 0 Å². The van der Waals surface area contributed by atoms with Crippen molar-refractivity contribution in [3.05, 3.63) is 89.2 Å². The fourth-order valence-electron chi connectivity index (χ4n) is 2.60. The third-order valence-corrected chi connectivity index (χ3v) is 4.10. The molecule has 126 valence electrons. The van der Waals surface area contributed by atoms with E-state index in [-0.39, 0.29) is 5.82 Å². The molecule has 0 aliphatic rings. The standard InChI is InChI=1S/C22H19FO2/c1-3-16-5-11-19(12-6-16)25-22(24)18-9-7-17(8-10-18)20-13-4-15(2)14-21(20)23/h4-14H,3H2,1-2H3. The number of aryl methyl sites for hydroxylation is 2. The van der Waals surface area contributed by atoms with Crippen molar-refractivity contribution in [1.82, 2.24) is 0 Å². The summed E-state index contributed by atoms with van der Waals surface area (Å²) in [4.78, 5) is 12.2. The van der Waals surface area contributed by atoms with Crippen LogP contribution in [0.5, 0.6) is 5.75 Å². The average molecular weight is 334 g/mol. The smallest absolute Gasteiger partial charge is 0.343 e. The minimum absolute atomic E-state index is 0.272. The van der Waals surface area contributed by atoms with E-state index >= 15 is 0 Å². The molecule has 0 aliphatic carbocycles. The average Bonchev–Trinajstić information content (AvgIpc) is 2.62. The molecule has 0 N–H and O–H groups in total. The lowest BCUT2D eigenvalue weighted by atomic mass is 10.0. The highest BCUT2D eigenvalue weighted by molar-refractivity contribution is 5.91. The molecule has 0 atom stereocenters. The molecule has 0 saturated carbocycles. The molecule has 3 heteroatoms. The first kappa shape index (κ1) is 16.9. The van der Waals surface area contributed by atoms with Gasteiger partial charge in [-0.2, -0.15) is 0 Å². The highest BCUT2D eigenvalue weighted by atomic mass is 19.1. The van der Waals surface area contributed by atoms with Gasteiger partial charge in [0, 0.05) is 5.56 Å². The van der Waals surface area contributed by atoms with Gasteiger partial charge in [-0.05, 0) is 60.4 Å². The van der Waals surface area contributed by atoms with Gasteiger partial charge in [0.15, 0.2) is 0 Å². The summed E-state index contributed by atoms with van der Waals surface area (Å²) in [5.41, 5.74) is 3.72. The van der Waals surface area contributed by atoms with Gasteiger partial charge in [-0.1, -0.05) is 43.3 Å².